The van der Waals surface area contributed by atoms with Crippen LogP contribution in [-0.2, 0) is 4.79 Å². The largest absolute Gasteiger partial charge is 0.481 e. The van der Waals surface area contributed by atoms with E-state index in [-0.39, 0.29) is 18.2 Å². The van der Waals surface area contributed by atoms with Gasteiger partial charge in [-0.3, -0.25) is 4.79 Å². The molecule has 1 rings (SSSR count). The van der Waals surface area contributed by atoms with Gasteiger partial charge in [-0.05, 0) is 5.92 Å². The zero-order valence-electron chi connectivity index (χ0n) is 9.71. The number of aromatic nitrogens is 2. The van der Waals surface area contributed by atoms with Gasteiger partial charge >= 0.3 is 5.97 Å². The first-order valence-electron chi connectivity index (χ1n) is 5.23. The van der Waals surface area contributed by atoms with E-state index in [0.29, 0.717) is 5.82 Å². The van der Waals surface area contributed by atoms with Gasteiger partial charge in [0.05, 0.1) is 18.3 Å². The minimum Gasteiger partial charge on any atom is -0.481 e. The number of hydrogen-bond donors (Lipinski definition) is 2. The monoisotopic (exact) mass is 234 g/mol. The molecule has 6 nitrogen and oxygen atoms in total. The zero-order chi connectivity index (χ0) is 12.8. The average Bonchev–Trinajstić information content (AvgIpc) is 2.29. The number of anilines is 1. The zero-order valence-corrected chi connectivity index (χ0v) is 9.71. The topological polar surface area (TPSA) is 98.9 Å². The van der Waals surface area contributed by atoms with Crippen LogP contribution in [-0.4, -0.2) is 27.6 Å². The van der Waals surface area contributed by atoms with Crippen LogP contribution in [0.1, 0.15) is 19.5 Å². The van der Waals surface area contributed by atoms with Gasteiger partial charge in [0.15, 0.2) is 5.69 Å². The lowest BCUT2D eigenvalue weighted by atomic mass is 9.96. The van der Waals surface area contributed by atoms with E-state index in [1.54, 1.807) is 0 Å². The number of nitrogens with zero attached hydrogens (tertiary/aromatic N) is 3. The molecule has 1 aromatic heterocycles. The van der Waals surface area contributed by atoms with Crippen molar-refractivity contribution < 1.29 is 9.90 Å². The summed E-state index contributed by atoms with van der Waals surface area (Å²) in [4.78, 5) is 18.7. The Kier molecular flexibility index (Phi) is 4.40. The molecule has 0 bridgehead atoms. The fourth-order valence-electron chi connectivity index (χ4n) is 1.30. The highest BCUT2D eigenvalue weighted by Crippen LogP contribution is 2.12. The summed E-state index contributed by atoms with van der Waals surface area (Å²) in [6, 6.07) is 1.86. The van der Waals surface area contributed by atoms with Crippen molar-refractivity contribution in [2.45, 2.75) is 13.8 Å². The highest BCUT2D eigenvalue weighted by Gasteiger charge is 2.21. The smallest absolute Gasteiger partial charge is 0.308 e. The molecular formula is C11H14N4O2. The van der Waals surface area contributed by atoms with Crippen LogP contribution >= 0.6 is 0 Å². The van der Waals surface area contributed by atoms with Gasteiger partial charge in [-0.1, -0.05) is 13.8 Å². The normalized spacial score (nSPS) is 11.9. The molecule has 0 aliphatic heterocycles. The standard InChI is InChI=1S/C11H14N4O2/c1-7(2)9(11(16)17)5-15-10-6-13-8(3-12)4-14-10/h4,6-7,9H,5H2,1-2H3,(H,14,15)(H,16,17). The molecule has 0 radical (unpaired) electrons. The first kappa shape index (κ1) is 12.9. The number of carbonyl (C=O) groups is 1. The number of nitrogens with one attached hydrogen (secondary N) is 1. The lowest BCUT2D eigenvalue weighted by Gasteiger charge is -2.16. The van der Waals surface area contributed by atoms with Crippen LogP contribution in [0.2, 0.25) is 0 Å². The van der Waals surface area contributed by atoms with E-state index in [4.69, 9.17) is 10.4 Å². The van der Waals surface area contributed by atoms with Crippen molar-refractivity contribution in [3.63, 3.8) is 0 Å². The van der Waals surface area contributed by atoms with Gasteiger partial charge in [-0.25, -0.2) is 9.97 Å². The van der Waals surface area contributed by atoms with Crippen molar-refractivity contribution in [3.05, 3.63) is 18.1 Å². The quantitative estimate of drug-likeness (QED) is 0.792. The summed E-state index contributed by atoms with van der Waals surface area (Å²) in [5, 5.41) is 20.4. The Bertz CT molecular complexity index is 422. The number of carboxylic acid groups (broad SMARTS) is 1. The van der Waals surface area contributed by atoms with E-state index in [2.05, 4.69) is 15.3 Å². The Morgan fingerprint density at radius 3 is 2.65 bits per heavy atom. The Labute approximate surface area is 99.3 Å². The molecule has 1 atom stereocenters. The van der Waals surface area contributed by atoms with Gasteiger partial charge in [-0.15, -0.1) is 0 Å². The van der Waals surface area contributed by atoms with Crippen molar-refractivity contribution in [1.29, 1.82) is 5.26 Å². The highest BCUT2D eigenvalue weighted by atomic mass is 16.4. The Balaban J connectivity index is 2.60. The van der Waals surface area contributed by atoms with Crippen LogP contribution in [0.25, 0.3) is 0 Å². The number of aliphatic carboxylic acids is 1. The summed E-state index contributed by atoms with van der Waals surface area (Å²) in [5.41, 5.74) is 0.231. The fraction of sp³-hybridized carbons (Fsp3) is 0.455. The predicted molar refractivity (Wildman–Crippen MR) is 61.2 cm³/mol. The predicted octanol–water partition coefficient (Wildman–Crippen LogP) is 1.12. The minimum atomic E-state index is -0.839. The molecule has 0 aliphatic rings. The minimum absolute atomic E-state index is 0.0336. The summed E-state index contributed by atoms with van der Waals surface area (Å²) < 4.78 is 0. The van der Waals surface area contributed by atoms with E-state index < -0.39 is 11.9 Å². The average molecular weight is 234 g/mol. The molecular weight excluding hydrogens is 220 g/mol. The molecule has 2 N–H and O–H groups in total. The second-order valence-corrected chi connectivity index (χ2v) is 3.97. The van der Waals surface area contributed by atoms with Gasteiger partial charge in [0, 0.05) is 6.54 Å². The van der Waals surface area contributed by atoms with Crippen molar-refractivity contribution >= 4 is 11.8 Å². The maximum absolute atomic E-state index is 10.9. The van der Waals surface area contributed by atoms with E-state index in [1.165, 1.54) is 12.4 Å². The van der Waals surface area contributed by atoms with Crippen LogP contribution in [0.5, 0.6) is 0 Å². The maximum atomic E-state index is 10.9. The lowest BCUT2D eigenvalue weighted by molar-refractivity contribution is -0.142. The van der Waals surface area contributed by atoms with Gasteiger partial charge in [0.1, 0.15) is 11.9 Å². The third kappa shape index (κ3) is 3.72. The summed E-state index contributed by atoms with van der Waals surface area (Å²) in [6.45, 7) is 3.99. The molecule has 6 heteroatoms. The summed E-state index contributed by atoms with van der Waals surface area (Å²) in [6.07, 6.45) is 2.76. The van der Waals surface area contributed by atoms with Crippen molar-refractivity contribution in [2.75, 3.05) is 11.9 Å². The Morgan fingerprint density at radius 2 is 2.24 bits per heavy atom. The molecule has 0 fully saturated rings. The van der Waals surface area contributed by atoms with Gasteiger partial charge < -0.3 is 10.4 Å². The number of rotatable bonds is 5. The van der Waals surface area contributed by atoms with Gasteiger partial charge in [0.2, 0.25) is 0 Å². The first-order valence-corrected chi connectivity index (χ1v) is 5.23. The van der Waals surface area contributed by atoms with Gasteiger partial charge in [0.25, 0.3) is 0 Å². The molecule has 0 amide bonds. The molecule has 0 saturated heterocycles. The second kappa shape index (κ2) is 5.80. The van der Waals surface area contributed by atoms with E-state index >= 15 is 0 Å². The van der Waals surface area contributed by atoms with E-state index in [9.17, 15) is 4.79 Å². The number of nitriles is 1. The summed E-state index contributed by atoms with van der Waals surface area (Å²) in [7, 11) is 0. The first-order chi connectivity index (χ1) is 8.04. The highest BCUT2D eigenvalue weighted by molar-refractivity contribution is 5.71. The van der Waals surface area contributed by atoms with Crippen LogP contribution < -0.4 is 5.32 Å². The molecule has 0 spiro atoms. The molecule has 1 aromatic rings. The second-order valence-electron chi connectivity index (χ2n) is 3.97. The fourth-order valence-corrected chi connectivity index (χ4v) is 1.30. The van der Waals surface area contributed by atoms with E-state index in [0.717, 1.165) is 0 Å². The number of hydrogen-bond acceptors (Lipinski definition) is 5. The third-order valence-corrected chi connectivity index (χ3v) is 2.39. The third-order valence-electron chi connectivity index (χ3n) is 2.39. The van der Waals surface area contributed by atoms with Crippen LogP contribution in [0.15, 0.2) is 12.4 Å². The maximum Gasteiger partial charge on any atom is 0.308 e. The van der Waals surface area contributed by atoms with Crippen LogP contribution in [0, 0.1) is 23.2 Å². The molecule has 1 heterocycles. The molecule has 17 heavy (non-hydrogen) atoms. The van der Waals surface area contributed by atoms with Gasteiger partial charge in [-0.2, -0.15) is 5.26 Å². The molecule has 0 aliphatic carbocycles. The Morgan fingerprint density at radius 1 is 1.53 bits per heavy atom. The molecule has 90 valence electrons. The number of carboxylic acids is 1. The molecule has 0 saturated carbocycles. The van der Waals surface area contributed by atoms with Crippen molar-refractivity contribution in [1.82, 2.24) is 9.97 Å². The van der Waals surface area contributed by atoms with Crippen LogP contribution in [0.3, 0.4) is 0 Å². The van der Waals surface area contributed by atoms with Crippen LogP contribution in [0.4, 0.5) is 5.82 Å². The molecule has 0 aromatic carbocycles. The van der Waals surface area contributed by atoms with Crippen molar-refractivity contribution in [2.24, 2.45) is 11.8 Å². The van der Waals surface area contributed by atoms with E-state index in [1.807, 2.05) is 19.9 Å². The SMILES string of the molecule is CC(C)C(CNc1cnc(C#N)cn1)C(=O)O. The van der Waals surface area contributed by atoms with Crippen molar-refractivity contribution in [3.8, 4) is 6.07 Å². The lowest BCUT2D eigenvalue weighted by Crippen LogP contribution is -2.27. The molecule has 1 unspecified atom stereocenters. The summed E-state index contributed by atoms with van der Waals surface area (Å²) in [5.74, 6) is -0.816. The summed E-state index contributed by atoms with van der Waals surface area (Å²) >= 11 is 0. The Hall–Kier alpha value is -2.16.